The number of carboxylic acids is 1. The van der Waals surface area contributed by atoms with Crippen molar-refractivity contribution in [3.63, 3.8) is 0 Å². The van der Waals surface area contributed by atoms with Gasteiger partial charge in [0.1, 0.15) is 12.4 Å². The zero-order valence-electron chi connectivity index (χ0n) is 11.2. The fourth-order valence-corrected chi connectivity index (χ4v) is 1.72. The first kappa shape index (κ1) is 14.9. The van der Waals surface area contributed by atoms with Crippen molar-refractivity contribution < 1.29 is 19.1 Å². The molecule has 0 atom stereocenters. The summed E-state index contributed by atoms with van der Waals surface area (Å²) in [6.45, 7) is 3.17. The van der Waals surface area contributed by atoms with E-state index < -0.39 is 12.0 Å². The van der Waals surface area contributed by atoms with Gasteiger partial charge < -0.3 is 15.3 Å². The zero-order valence-corrected chi connectivity index (χ0v) is 11.2. The van der Waals surface area contributed by atoms with Crippen LogP contribution in [0.4, 0.5) is 9.18 Å². The van der Waals surface area contributed by atoms with Crippen molar-refractivity contribution in [1.82, 2.24) is 10.2 Å². The average Bonchev–Trinajstić information content (AvgIpc) is 2.31. The Balaban J connectivity index is 2.62. The number of likely N-dealkylation sites (N-methyl/N-ethyl adjacent to an activating group) is 1. The van der Waals surface area contributed by atoms with Crippen LogP contribution in [-0.4, -0.2) is 35.6 Å². The fraction of sp³-hybridized carbons (Fsp3) is 0.385. The molecular weight excluding hydrogens is 251 g/mol. The number of aryl methyl sites for hydroxylation is 2. The van der Waals surface area contributed by atoms with Gasteiger partial charge in [-0.3, -0.25) is 4.79 Å². The molecule has 104 valence electrons. The molecule has 1 rings (SSSR count). The smallest absolute Gasteiger partial charge is 0.323 e. The van der Waals surface area contributed by atoms with Gasteiger partial charge in [-0.1, -0.05) is 12.1 Å². The van der Waals surface area contributed by atoms with Gasteiger partial charge in [0, 0.05) is 13.6 Å². The average molecular weight is 268 g/mol. The molecule has 0 fully saturated rings. The van der Waals surface area contributed by atoms with Gasteiger partial charge in [-0.25, -0.2) is 9.18 Å². The maximum absolute atomic E-state index is 13.4. The first-order valence-corrected chi connectivity index (χ1v) is 5.77. The summed E-state index contributed by atoms with van der Waals surface area (Å²) in [6.07, 6.45) is 0. The lowest BCUT2D eigenvalue weighted by atomic mass is 10.1. The molecule has 0 aromatic heterocycles. The van der Waals surface area contributed by atoms with E-state index in [1.807, 2.05) is 0 Å². The van der Waals surface area contributed by atoms with Gasteiger partial charge in [-0.2, -0.15) is 0 Å². The molecule has 5 nitrogen and oxygen atoms in total. The third-order valence-electron chi connectivity index (χ3n) is 2.66. The zero-order chi connectivity index (χ0) is 14.6. The van der Waals surface area contributed by atoms with Gasteiger partial charge in [0.05, 0.1) is 0 Å². The standard InChI is InChI=1S/C13H17FN2O3/c1-8-4-10(5-9(2)12(8)14)6-15-13(19)16(3)7-11(17)18/h4-5H,6-7H2,1-3H3,(H,15,19)(H,17,18). The molecule has 19 heavy (non-hydrogen) atoms. The van der Waals surface area contributed by atoms with Crippen molar-refractivity contribution in [2.75, 3.05) is 13.6 Å². The summed E-state index contributed by atoms with van der Waals surface area (Å²) in [5.74, 6) is -1.33. The third kappa shape index (κ3) is 4.24. The number of carbonyl (C=O) groups excluding carboxylic acids is 1. The highest BCUT2D eigenvalue weighted by Gasteiger charge is 2.12. The first-order valence-electron chi connectivity index (χ1n) is 5.77. The monoisotopic (exact) mass is 268 g/mol. The van der Waals surface area contributed by atoms with Crippen molar-refractivity contribution in [2.24, 2.45) is 0 Å². The molecule has 0 spiro atoms. The number of amides is 2. The summed E-state index contributed by atoms with van der Waals surface area (Å²) in [4.78, 5) is 23.1. The molecule has 0 aliphatic heterocycles. The number of hydrogen-bond acceptors (Lipinski definition) is 2. The second kappa shape index (κ2) is 6.17. The second-order valence-electron chi connectivity index (χ2n) is 4.45. The quantitative estimate of drug-likeness (QED) is 0.872. The Bertz CT molecular complexity index is 480. The van der Waals surface area contributed by atoms with Crippen LogP contribution in [0.5, 0.6) is 0 Å². The number of benzene rings is 1. The SMILES string of the molecule is Cc1cc(CNC(=O)N(C)CC(=O)O)cc(C)c1F. The van der Waals surface area contributed by atoms with Crippen LogP contribution in [0.1, 0.15) is 16.7 Å². The molecule has 0 aliphatic rings. The Morgan fingerprint density at radius 1 is 1.32 bits per heavy atom. The van der Waals surface area contributed by atoms with Gasteiger partial charge in [0.15, 0.2) is 0 Å². The van der Waals surface area contributed by atoms with E-state index in [-0.39, 0.29) is 18.9 Å². The minimum absolute atomic E-state index is 0.227. The highest BCUT2D eigenvalue weighted by Crippen LogP contribution is 2.14. The number of nitrogens with zero attached hydrogens (tertiary/aromatic N) is 1. The predicted molar refractivity (Wildman–Crippen MR) is 68.4 cm³/mol. The number of carboxylic acid groups (broad SMARTS) is 1. The van der Waals surface area contributed by atoms with Crippen molar-refractivity contribution in [3.05, 3.63) is 34.6 Å². The van der Waals surface area contributed by atoms with E-state index in [0.29, 0.717) is 11.1 Å². The first-order chi connectivity index (χ1) is 8.81. The van der Waals surface area contributed by atoms with Crippen molar-refractivity contribution in [2.45, 2.75) is 20.4 Å². The van der Waals surface area contributed by atoms with Gasteiger partial charge in [-0.05, 0) is 30.5 Å². The van der Waals surface area contributed by atoms with Crippen LogP contribution < -0.4 is 5.32 Å². The Kier molecular flexibility index (Phi) is 4.86. The molecule has 0 aliphatic carbocycles. The molecule has 0 heterocycles. The van der Waals surface area contributed by atoms with Gasteiger partial charge in [0.25, 0.3) is 0 Å². The molecule has 6 heteroatoms. The number of nitrogens with one attached hydrogen (secondary N) is 1. The Morgan fingerprint density at radius 3 is 2.32 bits per heavy atom. The summed E-state index contributed by atoms with van der Waals surface area (Å²) >= 11 is 0. The van der Waals surface area contributed by atoms with Crippen LogP contribution >= 0.6 is 0 Å². The van der Waals surface area contributed by atoms with Crippen LogP contribution in [0.15, 0.2) is 12.1 Å². The van der Waals surface area contributed by atoms with E-state index in [1.165, 1.54) is 7.05 Å². The Labute approximate surface area is 111 Å². The summed E-state index contributed by atoms with van der Waals surface area (Å²) in [5, 5.41) is 11.1. The van der Waals surface area contributed by atoms with E-state index in [4.69, 9.17) is 5.11 Å². The van der Waals surface area contributed by atoms with E-state index in [9.17, 15) is 14.0 Å². The number of halogens is 1. The Hall–Kier alpha value is -2.11. The second-order valence-corrected chi connectivity index (χ2v) is 4.45. The number of aliphatic carboxylic acids is 1. The largest absolute Gasteiger partial charge is 0.480 e. The lowest BCUT2D eigenvalue weighted by molar-refractivity contribution is -0.137. The molecule has 0 unspecified atom stereocenters. The minimum atomic E-state index is -1.08. The molecule has 0 saturated heterocycles. The predicted octanol–water partition coefficient (Wildman–Crippen LogP) is 1.67. The van der Waals surface area contributed by atoms with Crippen LogP contribution in [-0.2, 0) is 11.3 Å². The van der Waals surface area contributed by atoms with E-state index in [2.05, 4.69) is 5.32 Å². The van der Waals surface area contributed by atoms with E-state index in [1.54, 1.807) is 26.0 Å². The molecule has 2 N–H and O–H groups in total. The van der Waals surface area contributed by atoms with E-state index in [0.717, 1.165) is 10.5 Å². The van der Waals surface area contributed by atoms with Crippen LogP contribution in [0.25, 0.3) is 0 Å². The van der Waals surface area contributed by atoms with Crippen LogP contribution in [0.3, 0.4) is 0 Å². The number of rotatable bonds is 4. The topological polar surface area (TPSA) is 69.6 Å². The number of hydrogen-bond donors (Lipinski definition) is 2. The lowest BCUT2D eigenvalue weighted by Crippen LogP contribution is -2.39. The molecule has 1 aromatic carbocycles. The number of urea groups is 1. The lowest BCUT2D eigenvalue weighted by Gasteiger charge is -2.16. The maximum Gasteiger partial charge on any atom is 0.323 e. The van der Waals surface area contributed by atoms with Crippen LogP contribution in [0, 0.1) is 19.7 Å². The molecule has 0 bridgehead atoms. The van der Waals surface area contributed by atoms with E-state index >= 15 is 0 Å². The highest BCUT2D eigenvalue weighted by molar-refractivity contribution is 5.79. The van der Waals surface area contributed by atoms with Gasteiger partial charge in [-0.15, -0.1) is 0 Å². The van der Waals surface area contributed by atoms with Crippen molar-refractivity contribution in [3.8, 4) is 0 Å². The molecular formula is C13H17FN2O3. The van der Waals surface area contributed by atoms with Gasteiger partial charge >= 0.3 is 12.0 Å². The van der Waals surface area contributed by atoms with Gasteiger partial charge in [0.2, 0.25) is 0 Å². The molecule has 0 radical (unpaired) electrons. The third-order valence-corrected chi connectivity index (χ3v) is 2.66. The summed E-state index contributed by atoms with van der Waals surface area (Å²) < 4.78 is 13.4. The summed E-state index contributed by atoms with van der Waals surface area (Å²) in [5.41, 5.74) is 1.81. The molecule has 1 aromatic rings. The van der Waals surface area contributed by atoms with Crippen LogP contribution in [0.2, 0.25) is 0 Å². The van der Waals surface area contributed by atoms with Crippen molar-refractivity contribution >= 4 is 12.0 Å². The molecule has 2 amide bonds. The van der Waals surface area contributed by atoms with Crippen molar-refractivity contribution in [1.29, 1.82) is 0 Å². The summed E-state index contributed by atoms with van der Waals surface area (Å²) in [6, 6.07) is 2.82. The normalized spacial score (nSPS) is 10.1. The minimum Gasteiger partial charge on any atom is -0.480 e. The fourth-order valence-electron chi connectivity index (χ4n) is 1.72. The Morgan fingerprint density at radius 2 is 1.84 bits per heavy atom. The summed E-state index contributed by atoms with van der Waals surface area (Å²) in [7, 11) is 1.39. The number of carbonyl (C=O) groups is 2. The molecule has 0 saturated carbocycles. The highest BCUT2D eigenvalue weighted by atomic mass is 19.1. The maximum atomic E-state index is 13.4.